The summed E-state index contributed by atoms with van der Waals surface area (Å²) in [4.78, 5) is 38.2. The number of carboxylic acid groups (broad SMARTS) is 4. The standard InChI is InChI=1S/2C4H4O4.K.Na.2H/c2*5-3(6)1-2-4(7)8;;;;/h2*1-2H,(H,5,6)(H,7,8);;;;/q;;2*+1;2*-1/b2*2-1-;;;;. The van der Waals surface area contributed by atoms with Gasteiger partial charge in [0.2, 0.25) is 0 Å². The molecule has 0 saturated heterocycles. The van der Waals surface area contributed by atoms with Crippen LogP contribution in [0.5, 0.6) is 0 Å². The maximum absolute atomic E-state index is 9.55. The van der Waals surface area contributed by atoms with E-state index in [0.717, 1.165) is 0 Å². The number of aliphatic carboxylic acids is 4. The van der Waals surface area contributed by atoms with Crippen LogP contribution in [0.1, 0.15) is 2.85 Å². The monoisotopic (exact) mass is 296 g/mol. The van der Waals surface area contributed by atoms with Crippen LogP contribution in [0.4, 0.5) is 0 Å². The molecule has 0 aromatic carbocycles. The second kappa shape index (κ2) is 17.0. The van der Waals surface area contributed by atoms with Crippen LogP contribution in [0.15, 0.2) is 24.3 Å². The zero-order valence-electron chi connectivity index (χ0n) is 11.7. The van der Waals surface area contributed by atoms with E-state index in [4.69, 9.17) is 20.4 Å². The smallest absolute Gasteiger partial charge is 1.00 e. The summed E-state index contributed by atoms with van der Waals surface area (Å²) in [5, 5.41) is 31.2. The molecular formula is C8H10KNaO8. The van der Waals surface area contributed by atoms with E-state index in [1.165, 1.54) is 0 Å². The minimum absolute atomic E-state index is 0. The van der Waals surface area contributed by atoms with Crippen molar-refractivity contribution in [2.75, 3.05) is 0 Å². The van der Waals surface area contributed by atoms with Gasteiger partial charge in [-0.25, -0.2) is 19.2 Å². The van der Waals surface area contributed by atoms with E-state index in [1.807, 2.05) is 0 Å². The van der Waals surface area contributed by atoms with Crippen LogP contribution in [0.2, 0.25) is 0 Å². The van der Waals surface area contributed by atoms with Crippen molar-refractivity contribution >= 4 is 23.9 Å². The molecule has 0 unspecified atom stereocenters. The van der Waals surface area contributed by atoms with Gasteiger partial charge in [-0.05, 0) is 0 Å². The third-order valence-corrected chi connectivity index (χ3v) is 0.737. The molecule has 0 aliphatic heterocycles. The van der Waals surface area contributed by atoms with Gasteiger partial charge in [0.05, 0.1) is 0 Å². The molecule has 0 atom stereocenters. The Morgan fingerprint density at radius 1 is 0.611 bits per heavy atom. The van der Waals surface area contributed by atoms with Crippen molar-refractivity contribution in [3.63, 3.8) is 0 Å². The van der Waals surface area contributed by atoms with E-state index in [9.17, 15) is 19.2 Å². The van der Waals surface area contributed by atoms with Gasteiger partial charge in [0.25, 0.3) is 0 Å². The normalized spacial score (nSPS) is 8.44. The van der Waals surface area contributed by atoms with Gasteiger partial charge < -0.3 is 23.3 Å². The van der Waals surface area contributed by atoms with E-state index < -0.39 is 23.9 Å². The molecule has 0 aromatic heterocycles. The summed E-state index contributed by atoms with van der Waals surface area (Å²) >= 11 is 0. The zero-order chi connectivity index (χ0) is 13.1. The molecule has 0 aliphatic carbocycles. The second-order valence-electron chi connectivity index (χ2n) is 2.02. The van der Waals surface area contributed by atoms with Crippen LogP contribution in [0.3, 0.4) is 0 Å². The quantitative estimate of drug-likeness (QED) is 0.295. The van der Waals surface area contributed by atoms with Crippen LogP contribution < -0.4 is 80.9 Å². The fourth-order valence-electron chi connectivity index (χ4n) is 0.285. The van der Waals surface area contributed by atoms with E-state index in [2.05, 4.69) is 0 Å². The summed E-state index contributed by atoms with van der Waals surface area (Å²) < 4.78 is 0. The summed E-state index contributed by atoms with van der Waals surface area (Å²) in [5.74, 6) is -5.03. The van der Waals surface area contributed by atoms with Crippen molar-refractivity contribution in [1.82, 2.24) is 0 Å². The second-order valence-corrected chi connectivity index (χ2v) is 2.02. The van der Waals surface area contributed by atoms with Gasteiger partial charge in [0, 0.05) is 24.3 Å². The van der Waals surface area contributed by atoms with Gasteiger partial charge in [-0.15, -0.1) is 0 Å². The van der Waals surface area contributed by atoms with Crippen molar-refractivity contribution in [1.29, 1.82) is 0 Å². The molecule has 10 heteroatoms. The SMILES string of the molecule is O=C(O)/C=C\C(=O)O.O=C(O)/C=C\C(=O)O.[H-].[H-].[K+].[Na+]. The van der Waals surface area contributed by atoms with Gasteiger partial charge in [-0.1, -0.05) is 0 Å². The predicted molar refractivity (Wildman–Crippen MR) is 51.0 cm³/mol. The molecule has 92 valence electrons. The number of carboxylic acids is 4. The first kappa shape index (κ1) is 26.5. The average molecular weight is 296 g/mol. The van der Waals surface area contributed by atoms with Crippen LogP contribution in [0.25, 0.3) is 0 Å². The van der Waals surface area contributed by atoms with Gasteiger partial charge >= 0.3 is 105 Å². The molecule has 0 bridgehead atoms. The molecule has 0 radical (unpaired) electrons. The van der Waals surface area contributed by atoms with E-state index in [-0.39, 0.29) is 83.8 Å². The average Bonchev–Trinajstić information content (AvgIpc) is 2.12. The maximum atomic E-state index is 9.55. The molecule has 0 amide bonds. The van der Waals surface area contributed by atoms with Crippen molar-refractivity contribution < 1.29 is 123 Å². The molecule has 0 rings (SSSR count). The zero-order valence-corrected chi connectivity index (χ0v) is 14.9. The number of carbonyl (C=O) groups is 4. The summed E-state index contributed by atoms with van der Waals surface area (Å²) in [6, 6.07) is 0. The summed E-state index contributed by atoms with van der Waals surface area (Å²) in [6.07, 6.45) is 2.23. The Hall–Kier alpha value is -0.00364. The molecule has 0 heterocycles. The molecule has 8 nitrogen and oxygen atoms in total. The Morgan fingerprint density at radius 3 is 0.778 bits per heavy atom. The maximum Gasteiger partial charge on any atom is 1.00 e. The van der Waals surface area contributed by atoms with Gasteiger partial charge in [-0.2, -0.15) is 0 Å². The summed E-state index contributed by atoms with van der Waals surface area (Å²) in [5.41, 5.74) is 0. The minimum Gasteiger partial charge on any atom is -1.00 e. The topological polar surface area (TPSA) is 149 Å². The predicted octanol–water partition coefficient (Wildman–Crippen LogP) is -6.34. The molecule has 18 heavy (non-hydrogen) atoms. The molecule has 0 saturated carbocycles. The Morgan fingerprint density at radius 2 is 0.722 bits per heavy atom. The van der Waals surface area contributed by atoms with Crippen LogP contribution in [-0.2, 0) is 19.2 Å². The molecular weight excluding hydrogens is 286 g/mol. The van der Waals surface area contributed by atoms with Crippen molar-refractivity contribution in [2.45, 2.75) is 0 Å². The van der Waals surface area contributed by atoms with Crippen LogP contribution in [-0.4, -0.2) is 44.3 Å². The van der Waals surface area contributed by atoms with Gasteiger partial charge in [-0.3, -0.25) is 0 Å². The first-order valence-corrected chi connectivity index (χ1v) is 3.53. The summed E-state index contributed by atoms with van der Waals surface area (Å²) in [7, 11) is 0. The summed E-state index contributed by atoms with van der Waals surface area (Å²) in [6.45, 7) is 0. The van der Waals surface area contributed by atoms with E-state index in [0.29, 0.717) is 24.3 Å². The van der Waals surface area contributed by atoms with Crippen molar-refractivity contribution in [3.8, 4) is 0 Å². The molecule has 0 aliphatic rings. The van der Waals surface area contributed by atoms with Crippen LogP contribution >= 0.6 is 0 Å². The Bertz CT molecular complexity index is 292. The number of hydrogen-bond acceptors (Lipinski definition) is 4. The molecule has 0 aromatic rings. The van der Waals surface area contributed by atoms with E-state index >= 15 is 0 Å². The Balaban J connectivity index is -0.0000000408. The van der Waals surface area contributed by atoms with Crippen molar-refractivity contribution in [3.05, 3.63) is 24.3 Å². The first-order valence-electron chi connectivity index (χ1n) is 3.53. The Labute approximate surface area is 169 Å². The van der Waals surface area contributed by atoms with Gasteiger partial charge in [0.1, 0.15) is 0 Å². The number of hydrogen-bond donors (Lipinski definition) is 4. The third kappa shape index (κ3) is 36.0. The minimum atomic E-state index is -1.26. The number of rotatable bonds is 4. The largest absolute Gasteiger partial charge is 1.00 e. The van der Waals surface area contributed by atoms with Crippen molar-refractivity contribution in [2.24, 2.45) is 0 Å². The first-order chi connectivity index (χ1) is 7.25. The molecule has 0 fully saturated rings. The van der Waals surface area contributed by atoms with Crippen LogP contribution in [0, 0.1) is 0 Å². The molecule has 4 N–H and O–H groups in total. The Kier molecular flexibility index (Phi) is 25.1. The van der Waals surface area contributed by atoms with Gasteiger partial charge in [0.15, 0.2) is 0 Å². The third-order valence-electron chi connectivity index (χ3n) is 0.737. The van der Waals surface area contributed by atoms with E-state index in [1.54, 1.807) is 0 Å². The fraction of sp³-hybridized carbons (Fsp3) is 0. The molecule has 0 spiro atoms. The fourth-order valence-corrected chi connectivity index (χ4v) is 0.285.